The molecule has 29 heavy (non-hydrogen) atoms. The van der Waals surface area contributed by atoms with Gasteiger partial charge < -0.3 is 9.73 Å². The van der Waals surface area contributed by atoms with Crippen molar-refractivity contribution in [2.45, 2.75) is 18.8 Å². The summed E-state index contributed by atoms with van der Waals surface area (Å²) < 4.78 is 5.65. The van der Waals surface area contributed by atoms with Gasteiger partial charge in [-0.25, -0.2) is 0 Å². The Morgan fingerprint density at radius 1 is 0.966 bits per heavy atom. The van der Waals surface area contributed by atoms with Crippen molar-refractivity contribution in [2.24, 2.45) is 0 Å². The first-order valence-corrected chi connectivity index (χ1v) is 10.5. The van der Waals surface area contributed by atoms with Crippen LogP contribution in [0.25, 0.3) is 11.5 Å². The SMILES string of the molecule is O=C(CCc1nnc(-c2ccsc2)o1)NCC(c1ccccc1)c1ccccc1. The highest BCUT2D eigenvalue weighted by atomic mass is 32.1. The van der Waals surface area contributed by atoms with Gasteiger partial charge >= 0.3 is 0 Å². The van der Waals surface area contributed by atoms with Crippen LogP contribution in [-0.4, -0.2) is 22.6 Å². The van der Waals surface area contributed by atoms with Gasteiger partial charge in [-0.3, -0.25) is 4.79 Å². The van der Waals surface area contributed by atoms with Gasteiger partial charge in [0, 0.05) is 36.2 Å². The van der Waals surface area contributed by atoms with E-state index < -0.39 is 0 Å². The van der Waals surface area contributed by atoms with Crippen molar-refractivity contribution < 1.29 is 9.21 Å². The topological polar surface area (TPSA) is 68.0 Å². The van der Waals surface area contributed by atoms with Crippen LogP contribution in [0.4, 0.5) is 0 Å². The smallest absolute Gasteiger partial charge is 0.248 e. The standard InChI is InChI=1S/C23H21N3O2S/c27-21(11-12-22-25-26-23(28-22)19-13-14-29-16-19)24-15-20(17-7-3-1-4-8-17)18-9-5-2-6-10-18/h1-10,13-14,16,20H,11-12,15H2,(H,24,27). The molecule has 0 unspecified atom stereocenters. The van der Waals surface area contributed by atoms with Crippen molar-refractivity contribution in [3.8, 4) is 11.5 Å². The molecule has 0 fully saturated rings. The van der Waals surface area contributed by atoms with E-state index >= 15 is 0 Å². The maximum Gasteiger partial charge on any atom is 0.248 e. The van der Waals surface area contributed by atoms with Crippen LogP contribution in [0.5, 0.6) is 0 Å². The van der Waals surface area contributed by atoms with Crippen molar-refractivity contribution in [1.82, 2.24) is 15.5 Å². The van der Waals surface area contributed by atoms with Gasteiger partial charge in [0.25, 0.3) is 0 Å². The maximum atomic E-state index is 12.4. The summed E-state index contributed by atoms with van der Waals surface area (Å²) >= 11 is 1.58. The second kappa shape index (κ2) is 9.30. The van der Waals surface area contributed by atoms with E-state index in [0.29, 0.717) is 31.2 Å². The number of rotatable bonds is 8. The summed E-state index contributed by atoms with van der Waals surface area (Å²) in [5, 5.41) is 15.1. The summed E-state index contributed by atoms with van der Waals surface area (Å²) in [5.41, 5.74) is 3.26. The molecule has 0 atom stereocenters. The Morgan fingerprint density at radius 2 is 1.66 bits per heavy atom. The second-order valence-electron chi connectivity index (χ2n) is 6.69. The third-order valence-corrected chi connectivity index (χ3v) is 5.39. The fraction of sp³-hybridized carbons (Fsp3) is 0.174. The first kappa shape index (κ1) is 19.1. The molecule has 1 N–H and O–H groups in total. The largest absolute Gasteiger partial charge is 0.421 e. The molecule has 0 saturated heterocycles. The molecule has 2 heterocycles. The van der Waals surface area contributed by atoms with E-state index in [-0.39, 0.29) is 11.8 Å². The molecular weight excluding hydrogens is 382 g/mol. The predicted octanol–water partition coefficient (Wildman–Crippen LogP) is 4.68. The van der Waals surface area contributed by atoms with Gasteiger partial charge in [-0.15, -0.1) is 10.2 Å². The van der Waals surface area contributed by atoms with E-state index in [1.807, 2.05) is 53.2 Å². The van der Waals surface area contributed by atoms with E-state index in [9.17, 15) is 4.79 Å². The summed E-state index contributed by atoms with van der Waals surface area (Å²) in [6.45, 7) is 0.539. The Bertz CT molecular complexity index is 991. The number of hydrogen-bond donors (Lipinski definition) is 1. The summed E-state index contributed by atoms with van der Waals surface area (Å²) in [7, 11) is 0. The number of thiophene rings is 1. The van der Waals surface area contributed by atoms with Crippen molar-refractivity contribution >= 4 is 17.2 Å². The normalized spacial score (nSPS) is 10.9. The molecule has 0 aliphatic carbocycles. The minimum atomic E-state index is -0.0304. The second-order valence-corrected chi connectivity index (χ2v) is 7.47. The van der Waals surface area contributed by atoms with Crippen molar-refractivity contribution in [3.63, 3.8) is 0 Å². The van der Waals surface area contributed by atoms with Crippen LogP contribution in [0.15, 0.2) is 81.9 Å². The summed E-state index contributed by atoms with van der Waals surface area (Å²) in [6.07, 6.45) is 0.728. The molecule has 5 nitrogen and oxygen atoms in total. The highest BCUT2D eigenvalue weighted by Gasteiger charge is 2.16. The zero-order chi connectivity index (χ0) is 19.9. The minimum absolute atomic E-state index is 0.0304. The van der Waals surface area contributed by atoms with Crippen LogP contribution >= 0.6 is 11.3 Å². The summed E-state index contributed by atoms with van der Waals surface area (Å²) in [4.78, 5) is 12.4. The van der Waals surface area contributed by atoms with Gasteiger partial charge in [-0.2, -0.15) is 11.3 Å². The van der Waals surface area contributed by atoms with Crippen LogP contribution in [0.1, 0.15) is 29.4 Å². The summed E-state index contributed by atoms with van der Waals surface area (Å²) in [6, 6.07) is 22.4. The van der Waals surface area contributed by atoms with Crippen LogP contribution in [0.2, 0.25) is 0 Å². The van der Waals surface area contributed by atoms with Gasteiger partial charge in [0.1, 0.15) is 0 Å². The van der Waals surface area contributed by atoms with E-state index in [4.69, 9.17) is 4.42 Å². The number of amides is 1. The monoisotopic (exact) mass is 403 g/mol. The fourth-order valence-corrected chi connectivity index (χ4v) is 3.81. The molecule has 0 aliphatic heterocycles. The maximum absolute atomic E-state index is 12.4. The van der Waals surface area contributed by atoms with Crippen LogP contribution in [-0.2, 0) is 11.2 Å². The number of aromatic nitrogens is 2. The van der Waals surface area contributed by atoms with Gasteiger partial charge in [0.15, 0.2) is 0 Å². The highest BCUT2D eigenvalue weighted by molar-refractivity contribution is 7.08. The van der Waals surface area contributed by atoms with Crippen molar-refractivity contribution in [3.05, 3.63) is 94.5 Å². The molecular formula is C23H21N3O2S. The Balaban J connectivity index is 1.35. The lowest BCUT2D eigenvalue weighted by Crippen LogP contribution is -2.29. The third-order valence-electron chi connectivity index (χ3n) is 4.71. The van der Waals surface area contributed by atoms with Gasteiger partial charge in [0.2, 0.25) is 17.7 Å². The van der Waals surface area contributed by atoms with Crippen molar-refractivity contribution in [1.29, 1.82) is 0 Å². The van der Waals surface area contributed by atoms with Crippen LogP contribution in [0, 0.1) is 0 Å². The summed E-state index contributed by atoms with van der Waals surface area (Å²) in [5.74, 6) is 1.05. The van der Waals surface area contributed by atoms with Crippen LogP contribution in [0.3, 0.4) is 0 Å². The quantitative estimate of drug-likeness (QED) is 0.464. The molecule has 1 amide bonds. The van der Waals surface area contributed by atoms with E-state index in [0.717, 1.165) is 5.56 Å². The Hall–Kier alpha value is -3.25. The molecule has 6 heteroatoms. The lowest BCUT2D eigenvalue weighted by molar-refractivity contribution is -0.121. The molecule has 2 aromatic heterocycles. The lowest BCUT2D eigenvalue weighted by atomic mass is 9.91. The highest BCUT2D eigenvalue weighted by Crippen LogP contribution is 2.24. The van der Waals surface area contributed by atoms with E-state index in [1.165, 1.54) is 11.1 Å². The van der Waals surface area contributed by atoms with E-state index in [2.05, 4.69) is 39.8 Å². The number of carbonyl (C=O) groups excluding carboxylic acids is 1. The number of nitrogens with one attached hydrogen (secondary N) is 1. The number of benzene rings is 2. The Labute approximate surface area is 173 Å². The number of nitrogens with zero attached hydrogens (tertiary/aromatic N) is 2. The molecule has 0 spiro atoms. The van der Waals surface area contributed by atoms with Gasteiger partial charge in [0.05, 0.1) is 0 Å². The first-order chi connectivity index (χ1) is 14.3. The zero-order valence-electron chi connectivity index (χ0n) is 15.8. The average Bonchev–Trinajstić information content (AvgIpc) is 3.46. The Kier molecular flexibility index (Phi) is 6.12. The minimum Gasteiger partial charge on any atom is -0.421 e. The molecule has 0 radical (unpaired) electrons. The van der Waals surface area contributed by atoms with Crippen LogP contribution < -0.4 is 5.32 Å². The predicted molar refractivity (Wildman–Crippen MR) is 114 cm³/mol. The molecule has 0 aliphatic rings. The van der Waals surface area contributed by atoms with Gasteiger partial charge in [-0.05, 0) is 22.6 Å². The number of carbonyl (C=O) groups is 1. The number of aryl methyl sites for hydroxylation is 1. The molecule has 146 valence electrons. The average molecular weight is 404 g/mol. The van der Waals surface area contributed by atoms with Gasteiger partial charge in [-0.1, -0.05) is 60.7 Å². The number of hydrogen-bond acceptors (Lipinski definition) is 5. The molecule has 4 aromatic rings. The Morgan fingerprint density at radius 3 is 2.28 bits per heavy atom. The molecule has 0 saturated carbocycles. The third kappa shape index (κ3) is 4.97. The fourth-order valence-electron chi connectivity index (χ4n) is 3.18. The molecule has 4 rings (SSSR count). The lowest BCUT2D eigenvalue weighted by Gasteiger charge is -2.18. The van der Waals surface area contributed by atoms with Crippen molar-refractivity contribution in [2.75, 3.05) is 6.54 Å². The zero-order valence-corrected chi connectivity index (χ0v) is 16.6. The van der Waals surface area contributed by atoms with E-state index in [1.54, 1.807) is 11.3 Å². The molecule has 2 aromatic carbocycles. The first-order valence-electron chi connectivity index (χ1n) is 9.51. The molecule has 0 bridgehead atoms.